The molecule has 0 saturated carbocycles. The molecular formula is C13H19ClN2O3S. The van der Waals surface area contributed by atoms with Crippen molar-refractivity contribution in [3.63, 3.8) is 0 Å². The third kappa shape index (κ3) is 5.48. The van der Waals surface area contributed by atoms with Crippen molar-refractivity contribution in [1.29, 1.82) is 0 Å². The third-order valence-corrected chi connectivity index (χ3v) is 4.58. The van der Waals surface area contributed by atoms with E-state index < -0.39 is 10.0 Å². The van der Waals surface area contributed by atoms with Crippen LogP contribution in [0.25, 0.3) is 0 Å². The van der Waals surface area contributed by atoms with E-state index >= 15 is 0 Å². The highest BCUT2D eigenvalue weighted by Crippen LogP contribution is 2.19. The fraction of sp³-hybridized carbons (Fsp3) is 0.462. The monoisotopic (exact) mass is 318 g/mol. The number of carbonyl (C=O) groups is 1. The molecule has 1 amide bonds. The van der Waals surface area contributed by atoms with Gasteiger partial charge in [0.2, 0.25) is 15.9 Å². The quantitative estimate of drug-likeness (QED) is 0.719. The maximum absolute atomic E-state index is 12.0. The predicted octanol–water partition coefficient (Wildman–Crippen LogP) is 1.92. The summed E-state index contributed by atoms with van der Waals surface area (Å²) in [6.07, 6.45) is 2.02. The first-order valence-electron chi connectivity index (χ1n) is 6.48. The van der Waals surface area contributed by atoms with Gasteiger partial charge in [-0.3, -0.25) is 4.79 Å². The first-order chi connectivity index (χ1) is 9.47. The van der Waals surface area contributed by atoms with Gasteiger partial charge in [-0.15, -0.1) is 0 Å². The van der Waals surface area contributed by atoms with Gasteiger partial charge in [-0.05, 0) is 18.6 Å². The zero-order valence-electron chi connectivity index (χ0n) is 11.4. The minimum absolute atomic E-state index is 0.0213. The van der Waals surface area contributed by atoms with Crippen LogP contribution in [0.2, 0.25) is 5.02 Å². The van der Waals surface area contributed by atoms with Gasteiger partial charge >= 0.3 is 0 Å². The normalized spacial score (nSPS) is 11.3. The van der Waals surface area contributed by atoms with Crippen molar-refractivity contribution in [3.05, 3.63) is 29.3 Å². The number of benzene rings is 1. The van der Waals surface area contributed by atoms with Crippen molar-refractivity contribution in [2.75, 3.05) is 13.1 Å². The highest BCUT2D eigenvalue weighted by Gasteiger charge is 2.16. The Labute approximate surface area is 124 Å². The Kier molecular flexibility index (Phi) is 6.98. The molecule has 0 aliphatic carbocycles. The predicted molar refractivity (Wildman–Crippen MR) is 79.2 cm³/mol. The highest BCUT2D eigenvalue weighted by molar-refractivity contribution is 7.89. The first-order valence-corrected chi connectivity index (χ1v) is 8.34. The number of hydrogen-bond acceptors (Lipinski definition) is 3. The summed E-state index contributed by atoms with van der Waals surface area (Å²) in [6.45, 7) is 2.70. The Bertz CT molecular complexity index is 546. The summed E-state index contributed by atoms with van der Waals surface area (Å²) in [4.78, 5) is 11.5. The molecule has 1 aromatic carbocycles. The van der Waals surface area contributed by atoms with E-state index in [0.29, 0.717) is 6.54 Å². The molecule has 0 aliphatic heterocycles. The van der Waals surface area contributed by atoms with Crippen molar-refractivity contribution >= 4 is 27.5 Å². The SMILES string of the molecule is CCCCNC(=O)CCNS(=O)(=O)c1ccccc1Cl. The molecule has 20 heavy (non-hydrogen) atoms. The molecule has 0 atom stereocenters. The molecule has 0 aromatic heterocycles. The number of nitrogens with one attached hydrogen (secondary N) is 2. The van der Waals surface area contributed by atoms with Gasteiger partial charge in [0.25, 0.3) is 0 Å². The third-order valence-electron chi connectivity index (χ3n) is 2.62. The molecule has 112 valence electrons. The van der Waals surface area contributed by atoms with E-state index in [0.717, 1.165) is 12.8 Å². The van der Waals surface area contributed by atoms with Crippen molar-refractivity contribution in [1.82, 2.24) is 10.0 Å². The molecule has 0 aliphatic rings. The van der Waals surface area contributed by atoms with Gasteiger partial charge in [0.05, 0.1) is 5.02 Å². The summed E-state index contributed by atoms with van der Waals surface area (Å²) in [6, 6.07) is 6.18. The fourth-order valence-corrected chi connectivity index (χ4v) is 3.08. The minimum atomic E-state index is -3.67. The lowest BCUT2D eigenvalue weighted by Gasteiger charge is -2.08. The topological polar surface area (TPSA) is 75.3 Å². The van der Waals surface area contributed by atoms with Gasteiger partial charge in [-0.1, -0.05) is 37.1 Å². The van der Waals surface area contributed by atoms with Gasteiger partial charge in [0.15, 0.2) is 0 Å². The minimum Gasteiger partial charge on any atom is -0.356 e. The lowest BCUT2D eigenvalue weighted by molar-refractivity contribution is -0.120. The van der Waals surface area contributed by atoms with Gasteiger partial charge in [-0.2, -0.15) is 0 Å². The molecule has 0 unspecified atom stereocenters. The maximum atomic E-state index is 12.0. The van der Waals surface area contributed by atoms with Crippen LogP contribution < -0.4 is 10.0 Å². The standard InChI is InChI=1S/C13H19ClN2O3S/c1-2-3-9-15-13(17)8-10-16-20(18,19)12-7-5-4-6-11(12)14/h4-7,16H,2-3,8-10H2,1H3,(H,15,17). The zero-order valence-corrected chi connectivity index (χ0v) is 12.9. The van der Waals surface area contributed by atoms with Crippen LogP contribution in [-0.4, -0.2) is 27.4 Å². The van der Waals surface area contributed by atoms with E-state index in [1.807, 2.05) is 6.92 Å². The van der Waals surface area contributed by atoms with Crippen LogP contribution in [0.4, 0.5) is 0 Å². The average Bonchev–Trinajstić information content (AvgIpc) is 2.39. The molecule has 5 nitrogen and oxygen atoms in total. The van der Waals surface area contributed by atoms with Crippen molar-refractivity contribution in [2.45, 2.75) is 31.1 Å². The second-order valence-corrected chi connectivity index (χ2v) is 6.42. The largest absolute Gasteiger partial charge is 0.356 e. The number of carbonyl (C=O) groups excluding carboxylic acids is 1. The lowest BCUT2D eigenvalue weighted by Crippen LogP contribution is -2.31. The Morgan fingerprint density at radius 1 is 1.25 bits per heavy atom. The second-order valence-electron chi connectivity index (χ2n) is 4.28. The van der Waals surface area contributed by atoms with Crippen LogP contribution in [0.5, 0.6) is 0 Å². The molecule has 1 aromatic rings. The van der Waals surface area contributed by atoms with E-state index in [-0.39, 0.29) is 28.8 Å². The van der Waals surface area contributed by atoms with Gasteiger partial charge in [0.1, 0.15) is 4.90 Å². The summed E-state index contributed by atoms with van der Waals surface area (Å²) in [7, 11) is -3.67. The smallest absolute Gasteiger partial charge is 0.242 e. The molecule has 0 radical (unpaired) electrons. The summed E-state index contributed by atoms with van der Waals surface area (Å²) >= 11 is 5.84. The Morgan fingerprint density at radius 2 is 1.95 bits per heavy atom. The van der Waals surface area contributed by atoms with E-state index in [9.17, 15) is 13.2 Å². The summed E-state index contributed by atoms with van der Waals surface area (Å²) < 4.78 is 26.3. The number of unbranched alkanes of at least 4 members (excludes halogenated alkanes) is 1. The molecule has 0 spiro atoms. The van der Waals surface area contributed by atoms with E-state index in [4.69, 9.17) is 11.6 Å². The summed E-state index contributed by atoms with van der Waals surface area (Å²) in [5.41, 5.74) is 0. The number of sulfonamides is 1. The number of rotatable bonds is 8. The Morgan fingerprint density at radius 3 is 2.60 bits per heavy atom. The molecule has 1 rings (SSSR count). The molecule has 0 fully saturated rings. The van der Waals surface area contributed by atoms with Crippen LogP contribution in [0, 0.1) is 0 Å². The summed E-state index contributed by atoms with van der Waals surface area (Å²) in [5, 5.41) is 2.88. The average molecular weight is 319 g/mol. The fourth-order valence-electron chi connectivity index (χ4n) is 1.53. The summed E-state index contributed by atoms with van der Waals surface area (Å²) in [5.74, 6) is -0.166. The van der Waals surface area contributed by atoms with Crippen molar-refractivity contribution in [3.8, 4) is 0 Å². The first kappa shape index (κ1) is 16.9. The molecule has 0 bridgehead atoms. The van der Waals surface area contributed by atoms with Crippen LogP contribution in [0.3, 0.4) is 0 Å². The molecule has 7 heteroatoms. The molecular weight excluding hydrogens is 300 g/mol. The van der Waals surface area contributed by atoms with Gasteiger partial charge in [0, 0.05) is 19.5 Å². The number of halogens is 1. The maximum Gasteiger partial charge on any atom is 0.242 e. The van der Waals surface area contributed by atoms with E-state index in [2.05, 4.69) is 10.0 Å². The highest BCUT2D eigenvalue weighted by atomic mass is 35.5. The Balaban J connectivity index is 2.45. The second kappa shape index (κ2) is 8.24. The number of hydrogen-bond donors (Lipinski definition) is 2. The number of amides is 1. The van der Waals surface area contributed by atoms with E-state index in [1.165, 1.54) is 12.1 Å². The van der Waals surface area contributed by atoms with Crippen LogP contribution in [0.15, 0.2) is 29.2 Å². The zero-order chi connectivity index (χ0) is 15.0. The van der Waals surface area contributed by atoms with E-state index in [1.54, 1.807) is 12.1 Å². The Hall–Kier alpha value is -1.11. The van der Waals surface area contributed by atoms with Gasteiger partial charge < -0.3 is 5.32 Å². The van der Waals surface area contributed by atoms with Crippen LogP contribution in [0.1, 0.15) is 26.2 Å². The molecule has 2 N–H and O–H groups in total. The molecule has 0 saturated heterocycles. The van der Waals surface area contributed by atoms with Crippen molar-refractivity contribution in [2.24, 2.45) is 0 Å². The molecule has 0 heterocycles. The van der Waals surface area contributed by atoms with Crippen LogP contribution >= 0.6 is 11.6 Å². The van der Waals surface area contributed by atoms with Crippen LogP contribution in [-0.2, 0) is 14.8 Å². The van der Waals surface area contributed by atoms with Gasteiger partial charge in [-0.25, -0.2) is 13.1 Å². The lowest BCUT2D eigenvalue weighted by atomic mass is 10.3. The van der Waals surface area contributed by atoms with Crippen molar-refractivity contribution < 1.29 is 13.2 Å².